The van der Waals surface area contributed by atoms with Crippen LogP contribution < -0.4 is 5.32 Å². The summed E-state index contributed by atoms with van der Waals surface area (Å²) in [6.07, 6.45) is 4.31. The summed E-state index contributed by atoms with van der Waals surface area (Å²) in [4.78, 5) is 8.54. The third-order valence-corrected chi connectivity index (χ3v) is 3.92. The van der Waals surface area contributed by atoms with Crippen LogP contribution in [-0.4, -0.2) is 65.4 Å². The lowest BCUT2D eigenvalue weighted by Crippen LogP contribution is -2.41. The molecule has 1 atom stereocenters. The van der Waals surface area contributed by atoms with Crippen molar-refractivity contribution >= 4 is 16.9 Å². The molecule has 0 amide bonds. The fourth-order valence-corrected chi connectivity index (χ4v) is 2.59. The summed E-state index contributed by atoms with van der Waals surface area (Å²) in [5.74, 6) is 0.791. The maximum atomic E-state index is 5.81. The molecule has 126 valence electrons. The molecular weight excluding hydrogens is 298 g/mol. The predicted octanol–water partition coefficient (Wildman–Crippen LogP) is 1.08. The van der Waals surface area contributed by atoms with Crippen LogP contribution in [0.5, 0.6) is 0 Å². The van der Waals surface area contributed by atoms with E-state index in [1.165, 1.54) is 6.33 Å². The van der Waals surface area contributed by atoms with Gasteiger partial charge in [-0.1, -0.05) is 0 Å². The van der Waals surface area contributed by atoms with Gasteiger partial charge < -0.3 is 19.5 Å². The number of nitrogens with one attached hydrogen (secondary N) is 1. The van der Waals surface area contributed by atoms with Gasteiger partial charge in [0.15, 0.2) is 5.65 Å². The van der Waals surface area contributed by atoms with Crippen molar-refractivity contribution in [1.82, 2.24) is 19.7 Å². The number of hydrogen-bond acceptors (Lipinski definition) is 7. The highest BCUT2D eigenvalue weighted by molar-refractivity contribution is 5.85. The van der Waals surface area contributed by atoms with Gasteiger partial charge in [0.2, 0.25) is 0 Å². The van der Waals surface area contributed by atoms with Crippen LogP contribution in [0, 0.1) is 0 Å². The molecule has 8 heteroatoms. The molecule has 8 nitrogen and oxygen atoms in total. The highest BCUT2D eigenvalue weighted by Gasteiger charge is 2.28. The summed E-state index contributed by atoms with van der Waals surface area (Å²) in [6, 6.07) is 0. The molecular formula is C15H23N5O3. The second-order valence-electron chi connectivity index (χ2n) is 5.87. The van der Waals surface area contributed by atoms with Crippen LogP contribution in [0.3, 0.4) is 0 Å². The minimum atomic E-state index is -0.236. The van der Waals surface area contributed by atoms with E-state index in [1.807, 2.05) is 10.9 Å². The minimum absolute atomic E-state index is 0.236. The predicted molar refractivity (Wildman–Crippen MR) is 85.5 cm³/mol. The van der Waals surface area contributed by atoms with Crippen molar-refractivity contribution in [2.75, 3.05) is 45.4 Å². The number of anilines is 1. The van der Waals surface area contributed by atoms with Gasteiger partial charge in [-0.2, -0.15) is 5.10 Å². The lowest BCUT2D eigenvalue weighted by atomic mass is 10.0. The van der Waals surface area contributed by atoms with E-state index in [0.29, 0.717) is 38.6 Å². The smallest absolute Gasteiger partial charge is 0.186 e. The Morgan fingerprint density at radius 2 is 2.30 bits per heavy atom. The van der Waals surface area contributed by atoms with Gasteiger partial charge in [-0.25, -0.2) is 9.97 Å². The zero-order valence-corrected chi connectivity index (χ0v) is 13.6. The highest BCUT2D eigenvalue weighted by Crippen LogP contribution is 2.21. The van der Waals surface area contributed by atoms with Gasteiger partial charge >= 0.3 is 0 Å². The summed E-state index contributed by atoms with van der Waals surface area (Å²) >= 11 is 0. The highest BCUT2D eigenvalue weighted by atomic mass is 16.6. The normalized spacial score (nSPS) is 21.7. The first-order chi connectivity index (χ1) is 11.2. The monoisotopic (exact) mass is 321 g/mol. The largest absolute Gasteiger partial charge is 0.383 e. The first kappa shape index (κ1) is 16.1. The molecule has 3 heterocycles. The summed E-state index contributed by atoms with van der Waals surface area (Å²) in [5.41, 5.74) is 0.446. The summed E-state index contributed by atoms with van der Waals surface area (Å²) in [7, 11) is 1.67. The Morgan fingerprint density at radius 3 is 3.09 bits per heavy atom. The van der Waals surface area contributed by atoms with Gasteiger partial charge in [0.25, 0.3) is 0 Å². The Bertz CT molecular complexity index is 639. The molecule has 1 fully saturated rings. The number of hydrogen-bond donors (Lipinski definition) is 1. The standard InChI is InChI=1S/C15H23N5O3/c1-15(10-22-7-8-23-15)3-4-16-13-12-9-20(5-6-21-2)19-14(12)18-11-17-13/h9,11H,3-8,10H2,1-2H3,(H,16,17,18,19). The molecule has 3 rings (SSSR count). The Kier molecular flexibility index (Phi) is 5.04. The van der Waals surface area contributed by atoms with Crippen molar-refractivity contribution in [3.8, 4) is 0 Å². The van der Waals surface area contributed by atoms with E-state index in [1.54, 1.807) is 7.11 Å². The molecule has 0 bridgehead atoms. The Morgan fingerprint density at radius 1 is 1.39 bits per heavy atom. The van der Waals surface area contributed by atoms with E-state index < -0.39 is 0 Å². The van der Waals surface area contributed by atoms with Crippen LogP contribution in [0.15, 0.2) is 12.5 Å². The topological polar surface area (TPSA) is 83.3 Å². The molecule has 23 heavy (non-hydrogen) atoms. The van der Waals surface area contributed by atoms with Crippen LogP contribution in [0.25, 0.3) is 11.0 Å². The number of aromatic nitrogens is 4. The number of nitrogens with zero attached hydrogens (tertiary/aromatic N) is 4. The third-order valence-electron chi connectivity index (χ3n) is 3.92. The lowest BCUT2D eigenvalue weighted by molar-refractivity contribution is -0.149. The molecule has 2 aromatic rings. The molecule has 2 aromatic heterocycles. The van der Waals surface area contributed by atoms with Gasteiger partial charge in [0, 0.05) is 19.9 Å². The van der Waals surface area contributed by atoms with Crippen LogP contribution in [0.2, 0.25) is 0 Å². The maximum absolute atomic E-state index is 5.81. The molecule has 0 saturated carbocycles. The average Bonchev–Trinajstić information content (AvgIpc) is 2.97. The molecule has 0 aliphatic carbocycles. The molecule has 1 unspecified atom stereocenters. The van der Waals surface area contributed by atoms with E-state index in [9.17, 15) is 0 Å². The molecule has 1 N–H and O–H groups in total. The van der Waals surface area contributed by atoms with E-state index in [4.69, 9.17) is 14.2 Å². The third kappa shape index (κ3) is 3.95. The molecule has 1 aliphatic heterocycles. The van der Waals surface area contributed by atoms with E-state index in [2.05, 4.69) is 27.3 Å². The molecule has 1 saturated heterocycles. The summed E-state index contributed by atoms with van der Waals surface area (Å²) in [5, 5.41) is 8.69. The van der Waals surface area contributed by atoms with Gasteiger partial charge in [0.05, 0.1) is 44.0 Å². The van der Waals surface area contributed by atoms with E-state index >= 15 is 0 Å². The zero-order valence-electron chi connectivity index (χ0n) is 13.6. The quantitative estimate of drug-likeness (QED) is 0.817. The van der Waals surface area contributed by atoms with Crippen LogP contribution in [0.4, 0.5) is 5.82 Å². The number of methoxy groups -OCH3 is 1. The van der Waals surface area contributed by atoms with Gasteiger partial charge in [-0.3, -0.25) is 4.68 Å². The Labute approximate surface area is 135 Å². The second kappa shape index (κ2) is 7.20. The van der Waals surface area contributed by atoms with Crippen molar-refractivity contribution < 1.29 is 14.2 Å². The lowest BCUT2D eigenvalue weighted by Gasteiger charge is -2.33. The van der Waals surface area contributed by atoms with Crippen molar-refractivity contribution in [1.29, 1.82) is 0 Å². The maximum Gasteiger partial charge on any atom is 0.186 e. The van der Waals surface area contributed by atoms with Gasteiger partial charge in [-0.15, -0.1) is 0 Å². The number of rotatable bonds is 7. The molecule has 0 aromatic carbocycles. The van der Waals surface area contributed by atoms with Gasteiger partial charge in [0.1, 0.15) is 12.1 Å². The van der Waals surface area contributed by atoms with Crippen LogP contribution in [0.1, 0.15) is 13.3 Å². The molecule has 0 radical (unpaired) electrons. The van der Waals surface area contributed by atoms with Crippen molar-refractivity contribution in [3.63, 3.8) is 0 Å². The average molecular weight is 321 g/mol. The fourth-order valence-electron chi connectivity index (χ4n) is 2.59. The minimum Gasteiger partial charge on any atom is -0.383 e. The van der Waals surface area contributed by atoms with Crippen LogP contribution >= 0.6 is 0 Å². The fraction of sp³-hybridized carbons (Fsp3) is 0.667. The van der Waals surface area contributed by atoms with Crippen molar-refractivity contribution in [3.05, 3.63) is 12.5 Å². The number of ether oxygens (including phenoxy) is 3. The van der Waals surface area contributed by atoms with Crippen LogP contribution in [-0.2, 0) is 20.8 Å². The SMILES string of the molecule is COCCn1cc2c(NCCC3(C)COCCO3)ncnc2n1. The number of fused-ring (bicyclic) bond motifs is 1. The Balaban J connectivity index is 1.64. The van der Waals surface area contributed by atoms with Crippen molar-refractivity contribution in [2.24, 2.45) is 0 Å². The van der Waals surface area contributed by atoms with Crippen molar-refractivity contribution in [2.45, 2.75) is 25.5 Å². The van der Waals surface area contributed by atoms with E-state index in [-0.39, 0.29) is 5.60 Å². The first-order valence-corrected chi connectivity index (χ1v) is 7.83. The summed E-state index contributed by atoms with van der Waals surface area (Å²) in [6.45, 7) is 6.08. The zero-order chi connectivity index (χ0) is 16.1. The van der Waals surface area contributed by atoms with Gasteiger partial charge in [-0.05, 0) is 13.3 Å². The first-order valence-electron chi connectivity index (χ1n) is 7.83. The molecule has 1 aliphatic rings. The van der Waals surface area contributed by atoms with E-state index in [0.717, 1.165) is 24.2 Å². The summed E-state index contributed by atoms with van der Waals surface area (Å²) < 4.78 is 18.2. The molecule has 0 spiro atoms. The Hall–Kier alpha value is -1.77. The second-order valence-corrected chi connectivity index (χ2v) is 5.87.